The summed E-state index contributed by atoms with van der Waals surface area (Å²) in [6.45, 7) is 7.25. The molecule has 0 N–H and O–H groups in total. The lowest BCUT2D eigenvalue weighted by Gasteiger charge is -2.21. The highest BCUT2D eigenvalue weighted by atomic mass is 32.5. The topological polar surface area (TPSA) is 55.8 Å². The van der Waals surface area contributed by atoms with Crippen LogP contribution in [0.1, 0.15) is 5.56 Å². The first kappa shape index (κ1) is 16.6. The second-order valence-electron chi connectivity index (χ2n) is 4.14. The maximum absolute atomic E-state index is 8.79. The van der Waals surface area contributed by atoms with E-state index in [1.165, 1.54) is 0 Å². The molecule has 0 aromatic heterocycles. The average molecular weight is 342 g/mol. The Morgan fingerprint density at radius 2 is 1.61 bits per heavy atom. The van der Waals surface area contributed by atoms with E-state index in [1.807, 2.05) is 6.07 Å². The van der Waals surface area contributed by atoms with Gasteiger partial charge < -0.3 is 13.6 Å². The Morgan fingerprint density at radius 3 is 2.04 bits per heavy atom. The summed E-state index contributed by atoms with van der Waals surface area (Å²) in [5.41, 5.74) is 0.995. The molecule has 114 valence electrons. The third kappa shape index (κ3) is 4.59. The smallest absolute Gasteiger partial charge is 0.416 e. The Balaban J connectivity index is 2.20. The molecule has 1 unspecified atom stereocenters. The molecule has 2 rings (SSSR count). The molecule has 23 heavy (non-hydrogen) atoms. The lowest BCUT2D eigenvalue weighted by Crippen LogP contribution is -2.02. The molecule has 0 spiro atoms. The summed E-state index contributed by atoms with van der Waals surface area (Å²) in [6, 6.07) is 14.9. The predicted octanol–water partition coefficient (Wildman–Crippen LogP) is 4.95. The summed E-state index contributed by atoms with van der Waals surface area (Å²) < 4.78 is 16.6. The summed E-state index contributed by atoms with van der Waals surface area (Å²) in [7, 11) is 0. The van der Waals surface area contributed by atoms with Gasteiger partial charge in [0, 0.05) is 11.8 Å². The highest BCUT2D eigenvalue weighted by Gasteiger charge is 2.24. The quantitative estimate of drug-likeness (QED) is 0.422. The highest BCUT2D eigenvalue weighted by molar-refractivity contribution is 8.08. The monoisotopic (exact) mass is 342 g/mol. The fourth-order valence-electron chi connectivity index (χ4n) is 1.58. The van der Waals surface area contributed by atoms with E-state index in [0.717, 1.165) is 6.26 Å². The van der Waals surface area contributed by atoms with Crippen molar-refractivity contribution in [3.63, 3.8) is 0 Å². The normalized spacial score (nSPS) is 12.1. The molecule has 7 heteroatoms. The summed E-state index contributed by atoms with van der Waals surface area (Å²) in [5.74, 6) is 0.850. The molecule has 0 heterocycles. The van der Waals surface area contributed by atoms with Gasteiger partial charge in [-0.3, -0.25) is 0 Å². The summed E-state index contributed by atoms with van der Waals surface area (Å²) >= 11 is 5.34. The molecule has 0 aliphatic rings. The molecule has 1 atom stereocenters. The third-order valence-electron chi connectivity index (χ3n) is 2.59. The Bertz CT molecular complexity index is 757. The van der Waals surface area contributed by atoms with Crippen LogP contribution >= 0.6 is 6.72 Å². The van der Waals surface area contributed by atoms with Crippen molar-refractivity contribution in [1.29, 1.82) is 5.26 Å². The highest BCUT2D eigenvalue weighted by Crippen LogP contribution is 2.50. The number of nitrogens with zero attached hydrogens (tertiary/aromatic N) is 2. The summed E-state index contributed by atoms with van der Waals surface area (Å²) in [4.78, 5) is 3.30. The van der Waals surface area contributed by atoms with Gasteiger partial charge in [0.1, 0.15) is 11.5 Å². The van der Waals surface area contributed by atoms with Crippen LogP contribution in [0.3, 0.4) is 0 Å². The lowest BCUT2D eigenvalue weighted by atomic mass is 10.2. The molecule has 0 amide bonds. The number of hydrogen-bond donors (Lipinski definition) is 0. The van der Waals surface area contributed by atoms with Gasteiger partial charge in [-0.25, -0.2) is 4.85 Å². The van der Waals surface area contributed by atoms with Crippen molar-refractivity contribution in [2.24, 2.45) is 0 Å². The second-order valence-corrected chi connectivity index (χ2v) is 6.96. The minimum atomic E-state index is -3.16. The van der Waals surface area contributed by atoms with E-state index in [0.29, 0.717) is 22.7 Å². The van der Waals surface area contributed by atoms with Crippen molar-refractivity contribution >= 4 is 24.2 Å². The van der Waals surface area contributed by atoms with Crippen LogP contribution in [-0.4, -0.2) is 0 Å². The number of nitriles is 1. The van der Waals surface area contributed by atoms with Crippen molar-refractivity contribution in [1.82, 2.24) is 0 Å². The molecule has 0 radical (unpaired) electrons. The van der Waals surface area contributed by atoms with Gasteiger partial charge in [0.05, 0.1) is 24.5 Å². The Labute approximate surface area is 139 Å². The Kier molecular flexibility index (Phi) is 5.38. The zero-order valence-electron chi connectivity index (χ0n) is 11.9. The van der Waals surface area contributed by atoms with Crippen molar-refractivity contribution in [3.8, 4) is 17.6 Å². The van der Waals surface area contributed by atoms with Crippen molar-refractivity contribution in [2.75, 3.05) is 0 Å². The minimum absolute atomic E-state index is 0.423. The van der Waals surface area contributed by atoms with E-state index >= 15 is 0 Å². The molecule has 0 bridgehead atoms. The zero-order valence-corrected chi connectivity index (χ0v) is 13.6. The van der Waals surface area contributed by atoms with Crippen molar-refractivity contribution < 1.29 is 13.6 Å². The van der Waals surface area contributed by atoms with Crippen molar-refractivity contribution in [2.45, 2.75) is 0 Å². The van der Waals surface area contributed by atoms with Crippen molar-refractivity contribution in [3.05, 3.63) is 78.4 Å². The van der Waals surface area contributed by atoms with E-state index in [1.54, 1.807) is 48.5 Å². The fourth-order valence-corrected chi connectivity index (χ4v) is 3.35. The van der Waals surface area contributed by atoms with E-state index in [2.05, 4.69) is 11.4 Å². The van der Waals surface area contributed by atoms with Gasteiger partial charge in [0.2, 0.25) is 0 Å². The van der Waals surface area contributed by atoms with Crippen LogP contribution in [-0.2, 0) is 16.3 Å². The molecule has 0 fully saturated rings. The first-order valence-electron chi connectivity index (χ1n) is 6.35. The maximum atomic E-state index is 8.79. The van der Waals surface area contributed by atoms with Crippen LogP contribution < -0.4 is 9.05 Å². The average Bonchev–Trinajstić information content (AvgIpc) is 2.56. The number of rotatable bonds is 6. The van der Waals surface area contributed by atoms with Crippen LogP contribution in [0, 0.1) is 17.9 Å². The molecular weight excluding hydrogens is 331 g/mol. The van der Waals surface area contributed by atoms with E-state index in [4.69, 9.17) is 37.2 Å². The second kappa shape index (κ2) is 7.47. The lowest BCUT2D eigenvalue weighted by molar-refractivity contribution is 0.352. The van der Waals surface area contributed by atoms with E-state index in [-0.39, 0.29) is 0 Å². The third-order valence-corrected chi connectivity index (χ3v) is 4.57. The molecule has 2 aromatic rings. The largest absolute Gasteiger partial charge is 0.489 e. The van der Waals surface area contributed by atoms with Gasteiger partial charge in [-0.05, 0) is 36.4 Å². The van der Waals surface area contributed by atoms with Crippen LogP contribution in [0.25, 0.3) is 4.85 Å². The van der Waals surface area contributed by atoms with Gasteiger partial charge in [-0.1, -0.05) is 18.7 Å². The Morgan fingerprint density at radius 1 is 1.09 bits per heavy atom. The molecule has 5 nitrogen and oxygen atoms in total. The molecule has 0 saturated carbocycles. The predicted molar refractivity (Wildman–Crippen MR) is 90.7 cm³/mol. The standard InChI is InChI=1S/C16H11N2O3PS/c1-3-19-22(23,20-15-8-4-13(12-17)5-9-15)21-16-10-6-14(18-2)7-11-16/h3-11H,1H2. The first-order chi connectivity index (χ1) is 11.1. The van der Waals surface area contributed by atoms with Gasteiger partial charge in [0.15, 0.2) is 5.69 Å². The fraction of sp³-hybridized carbons (Fsp3) is 0. The molecule has 2 aromatic carbocycles. The van der Waals surface area contributed by atoms with Gasteiger partial charge in [-0.15, -0.1) is 0 Å². The van der Waals surface area contributed by atoms with E-state index < -0.39 is 6.72 Å². The number of benzene rings is 2. The SMILES string of the molecule is [C-]#[N+]c1ccc(OP(=S)(OC=C)Oc2ccc(C#N)cc2)cc1. The van der Waals surface area contributed by atoms with Gasteiger partial charge in [-0.2, -0.15) is 5.26 Å². The maximum Gasteiger partial charge on any atom is 0.489 e. The van der Waals surface area contributed by atoms with Crippen LogP contribution in [0.5, 0.6) is 11.5 Å². The molecular formula is C16H11N2O3PS. The van der Waals surface area contributed by atoms with Crippen LogP contribution in [0.2, 0.25) is 0 Å². The molecule has 0 aliphatic carbocycles. The van der Waals surface area contributed by atoms with Gasteiger partial charge >= 0.3 is 6.72 Å². The summed E-state index contributed by atoms with van der Waals surface area (Å²) in [5, 5.41) is 8.79. The molecule has 0 aliphatic heterocycles. The zero-order chi connectivity index (χ0) is 16.7. The van der Waals surface area contributed by atoms with Gasteiger partial charge in [0.25, 0.3) is 0 Å². The Hall–Kier alpha value is -2.79. The first-order valence-corrected chi connectivity index (χ1v) is 8.90. The van der Waals surface area contributed by atoms with Crippen LogP contribution in [0.4, 0.5) is 5.69 Å². The van der Waals surface area contributed by atoms with Crippen LogP contribution in [0.15, 0.2) is 61.4 Å². The summed E-state index contributed by atoms with van der Waals surface area (Å²) in [6.07, 6.45) is 1.16. The van der Waals surface area contributed by atoms with E-state index in [9.17, 15) is 0 Å². The minimum Gasteiger partial charge on any atom is -0.416 e. The number of hydrogen-bond acceptors (Lipinski definition) is 5. The molecule has 0 saturated heterocycles.